The molecule has 0 bridgehead atoms. The highest BCUT2D eigenvalue weighted by molar-refractivity contribution is 6.14. The molecule has 9 rings (SSSR count). The van der Waals surface area contributed by atoms with Crippen molar-refractivity contribution in [3.8, 4) is 27.9 Å². The number of nitrogens with zero attached hydrogens (tertiary/aromatic N) is 2. The number of fused-ring (bicyclic) bond motifs is 4. The van der Waals surface area contributed by atoms with Crippen LogP contribution in [0.2, 0.25) is 0 Å². The van der Waals surface area contributed by atoms with E-state index in [9.17, 15) is 0 Å². The first kappa shape index (κ1) is 27.9. The summed E-state index contributed by atoms with van der Waals surface area (Å²) in [6.45, 7) is 0. The van der Waals surface area contributed by atoms with Crippen LogP contribution in [0.25, 0.3) is 60.5 Å². The molecule has 2 nitrogen and oxygen atoms in total. The van der Waals surface area contributed by atoms with Gasteiger partial charge in [0.2, 0.25) is 0 Å². The Balaban J connectivity index is 1.18. The lowest BCUT2D eigenvalue weighted by atomic mass is 10.00. The third-order valence-electron chi connectivity index (χ3n) is 9.35. The SMILES string of the molecule is c1ccc(N(c2ccc(-c3ccc4ccccc4c3)cc2)c2cccc(-c3cccc4c5ccccc5n(-c5ccccc5)c34)c2)cc1. The Morgan fingerprint density at radius 3 is 1.81 bits per heavy atom. The maximum absolute atomic E-state index is 2.41. The zero-order valence-corrected chi connectivity index (χ0v) is 26.4. The van der Waals surface area contributed by atoms with E-state index in [-0.39, 0.29) is 0 Å². The maximum Gasteiger partial charge on any atom is 0.0619 e. The van der Waals surface area contributed by atoms with Gasteiger partial charge in [-0.1, -0.05) is 133 Å². The summed E-state index contributed by atoms with van der Waals surface area (Å²) in [7, 11) is 0. The molecule has 0 saturated carbocycles. The fourth-order valence-corrected chi connectivity index (χ4v) is 7.11. The molecule has 0 N–H and O–H groups in total. The molecule has 0 radical (unpaired) electrons. The van der Waals surface area contributed by atoms with Gasteiger partial charge in [0.1, 0.15) is 0 Å². The van der Waals surface area contributed by atoms with Gasteiger partial charge in [-0.05, 0) is 88.1 Å². The van der Waals surface area contributed by atoms with Gasteiger partial charge in [0.15, 0.2) is 0 Å². The summed E-state index contributed by atoms with van der Waals surface area (Å²) in [5.74, 6) is 0. The van der Waals surface area contributed by atoms with Crippen LogP contribution in [0.4, 0.5) is 17.1 Å². The average molecular weight is 613 g/mol. The van der Waals surface area contributed by atoms with Crippen LogP contribution in [-0.2, 0) is 0 Å². The lowest BCUT2D eigenvalue weighted by Gasteiger charge is -2.26. The van der Waals surface area contributed by atoms with Crippen molar-refractivity contribution >= 4 is 49.6 Å². The minimum atomic E-state index is 1.11. The van der Waals surface area contributed by atoms with Crippen molar-refractivity contribution in [2.24, 2.45) is 0 Å². The molecule has 0 saturated heterocycles. The number of aromatic nitrogens is 1. The van der Waals surface area contributed by atoms with E-state index in [2.05, 4.69) is 204 Å². The van der Waals surface area contributed by atoms with Crippen LogP contribution >= 0.6 is 0 Å². The Hall–Kier alpha value is -6.38. The standard InChI is InChI=1S/C46H32N2/c1-3-16-38(17-4-1)47(40-29-27-34(28-30-40)36-26-25-33-13-7-8-14-35(33)31-36)41-20-11-15-37(32-41)42-22-12-23-44-43-21-9-10-24-45(43)48(46(42)44)39-18-5-2-6-19-39/h1-32H. The molecule has 48 heavy (non-hydrogen) atoms. The Morgan fingerprint density at radius 2 is 0.979 bits per heavy atom. The number of rotatable bonds is 6. The quantitative estimate of drug-likeness (QED) is 0.181. The maximum atomic E-state index is 2.41. The summed E-state index contributed by atoms with van der Waals surface area (Å²) in [6, 6.07) is 69.8. The van der Waals surface area contributed by atoms with Gasteiger partial charge >= 0.3 is 0 Å². The van der Waals surface area contributed by atoms with Gasteiger partial charge in [-0.2, -0.15) is 0 Å². The largest absolute Gasteiger partial charge is 0.310 e. The van der Waals surface area contributed by atoms with Gasteiger partial charge < -0.3 is 9.47 Å². The zero-order chi connectivity index (χ0) is 31.9. The van der Waals surface area contributed by atoms with E-state index in [0.717, 1.165) is 22.7 Å². The summed E-state index contributed by atoms with van der Waals surface area (Å²) in [5.41, 5.74) is 11.7. The minimum absolute atomic E-state index is 1.11. The molecule has 0 atom stereocenters. The second kappa shape index (κ2) is 11.8. The van der Waals surface area contributed by atoms with Gasteiger partial charge in [0.05, 0.1) is 11.0 Å². The minimum Gasteiger partial charge on any atom is -0.310 e. The lowest BCUT2D eigenvalue weighted by molar-refractivity contribution is 1.18. The van der Waals surface area contributed by atoms with Crippen molar-refractivity contribution in [2.45, 2.75) is 0 Å². The van der Waals surface area contributed by atoms with Gasteiger partial charge in [0.25, 0.3) is 0 Å². The number of benzene rings is 8. The fourth-order valence-electron chi connectivity index (χ4n) is 7.11. The van der Waals surface area contributed by atoms with E-state index in [1.807, 2.05) is 0 Å². The summed E-state index contributed by atoms with van der Waals surface area (Å²) in [5, 5.41) is 5.02. The molecule has 0 fully saturated rings. The van der Waals surface area contributed by atoms with Crippen molar-refractivity contribution in [1.82, 2.24) is 4.57 Å². The van der Waals surface area contributed by atoms with Gasteiger partial charge in [-0.15, -0.1) is 0 Å². The second-order valence-electron chi connectivity index (χ2n) is 12.2. The second-order valence-corrected chi connectivity index (χ2v) is 12.2. The normalized spacial score (nSPS) is 11.3. The highest BCUT2D eigenvalue weighted by atomic mass is 15.1. The molecule has 2 heteroatoms. The van der Waals surface area contributed by atoms with Gasteiger partial charge in [-0.3, -0.25) is 0 Å². The molecule has 226 valence electrons. The van der Waals surface area contributed by atoms with Gasteiger partial charge in [-0.25, -0.2) is 0 Å². The molecule has 0 spiro atoms. The Labute approximate surface area is 280 Å². The lowest BCUT2D eigenvalue weighted by Crippen LogP contribution is -2.09. The first-order chi connectivity index (χ1) is 23.8. The molecule has 1 heterocycles. The van der Waals surface area contributed by atoms with E-state index in [4.69, 9.17) is 0 Å². The van der Waals surface area contributed by atoms with E-state index in [0.29, 0.717) is 0 Å². The van der Waals surface area contributed by atoms with Crippen LogP contribution in [0.5, 0.6) is 0 Å². The van der Waals surface area contributed by atoms with Crippen LogP contribution < -0.4 is 4.90 Å². The van der Waals surface area contributed by atoms with Crippen molar-refractivity contribution in [3.63, 3.8) is 0 Å². The molecular formula is C46H32N2. The van der Waals surface area contributed by atoms with E-state index in [1.54, 1.807) is 0 Å². The number of anilines is 3. The van der Waals surface area contributed by atoms with Crippen LogP contribution in [0.3, 0.4) is 0 Å². The predicted octanol–water partition coefficient (Wildman–Crippen LogP) is 12.7. The van der Waals surface area contributed by atoms with Crippen LogP contribution in [-0.4, -0.2) is 4.57 Å². The molecule has 0 amide bonds. The summed E-state index contributed by atoms with van der Waals surface area (Å²) < 4.78 is 2.41. The average Bonchev–Trinajstić information content (AvgIpc) is 3.51. The van der Waals surface area contributed by atoms with Gasteiger partial charge in [0, 0.05) is 39.1 Å². The third-order valence-corrected chi connectivity index (χ3v) is 9.35. The number of hydrogen-bond acceptors (Lipinski definition) is 1. The van der Waals surface area contributed by atoms with Crippen molar-refractivity contribution in [3.05, 3.63) is 194 Å². The van der Waals surface area contributed by atoms with E-state index in [1.165, 1.54) is 54.8 Å². The topological polar surface area (TPSA) is 8.17 Å². The highest BCUT2D eigenvalue weighted by Crippen LogP contribution is 2.41. The number of hydrogen-bond donors (Lipinski definition) is 0. The summed E-state index contributed by atoms with van der Waals surface area (Å²) >= 11 is 0. The Bertz CT molecular complexity index is 2550. The molecule has 0 aliphatic carbocycles. The molecule has 0 unspecified atom stereocenters. The van der Waals surface area contributed by atoms with Crippen LogP contribution in [0.1, 0.15) is 0 Å². The van der Waals surface area contributed by atoms with Crippen LogP contribution in [0.15, 0.2) is 194 Å². The molecule has 9 aromatic rings. The summed E-state index contributed by atoms with van der Waals surface area (Å²) in [4.78, 5) is 2.35. The van der Waals surface area contributed by atoms with Crippen molar-refractivity contribution < 1.29 is 0 Å². The number of para-hydroxylation sites is 4. The summed E-state index contributed by atoms with van der Waals surface area (Å²) in [6.07, 6.45) is 0. The fraction of sp³-hybridized carbons (Fsp3) is 0. The zero-order valence-electron chi connectivity index (χ0n) is 26.4. The molecule has 8 aromatic carbocycles. The smallest absolute Gasteiger partial charge is 0.0619 e. The van der Waals surface area contributed by atoms with Crippen LogP contribution in [0, 0.1) is 0 Å². The molecule has 0 aliphatic heterocycles. The third kappa shape index (κ3) is 4.83. The predicted molar refractivity (Wildman–Crippen MR) is 204 cm³/mol. The first-order valence-corrected chi connectivity index (χ1v) is 16.4. The Morgan fingerprint density at radius 1 is 0.354 bits per heavy atom. The molecular weight excluding hydrogens is 581 g/mol. The molecule has 1 aromatic heterocycles. The highest BCUT2D eigenvalue weighted by Gasteiger charge is 2.18. The monoisotopic (exact) mass is 612 g/mol. The first-order valence-electron chi connectivity index (χ1n) is 16.4. The molecule has 0 aliphatic rings. The van der Waals surface area contributed by atoms with Crippen molar-refractivity contribution in [2.75, 3.05) is 4.90 Å². The van der Waals surface area contributed by atoms with Crippen molar-refractivity contribution in [1.29, 1.82) is 0 Å². The Kier molecular flexibility index (Phi) is 6.84. The van der Waals surface area contributed by atoms with E-state index < -0.39 is 0 Å². The van der Waals surface area contributed by atoms with E-state index >= 15 is 0 Å².